The van der Waals surface area contributed by atoms with Gasteiger partial charge >= 0.3 is 17.9 Å². The highest BCUT2D eigenvalue weighted by atomic mass is 16.5. The van der Waals surface area contributed by atoms with Crippen LogP contribution >= 0.6 is 0 Å². The fourth-order valence-corrected chi connectivity index (χ4v) is 6.07. The highest BCUT2D eigenvalue weighted by Gasteiger charge is 2.56. The molecule has 1 aromatic carbocycles. The van der Waals surface area contributed by atoms with E-state index in [-0.39, 0.29) is 34.4 Å². The van der Waals surface area contributed by atoms with E-state index >= 15 is 0 Å². The molecule has 1 saturated carbocycles. The number of hydrogen-bond donors (Lipinski definition) is 0. The Balaban J connectivity index is 2.35. The summed E-state index contributed by atoms with van der Waals surface area (Å²) >= 11 is 0. The minimum absolute atomic E-state index is 0.0190. The largest absolute Gasteiger partial charge is 0.469 e. The number of hydrogen-bond acceptors (Lipinski definition) is 7. The maximum absolute atomic E-state index is 12.8. The summed E-state index contributed by atoms with van der Waals surface area (Å²) in [5, 5.41) is 0. The molecule has 0 spiro atoms. The Bertz CT molecular complexity index is 963. The quantitative estimate of drug-likeness (QED) is 0.409. The molecule has 0 aliphatic heterocycles. The van der Waals surface area contributed by atoms with E-state index in [2.05, 4.69) is 6.92 Å². The van der Waals surface area contributed by atoms with Crippen LogP contribution in [-0.4, -0.2) is 45.0 Å². The molecular weight excluding hydrogens is 400 g/mol. The first kappa shape index (κ1) is 23.0. The predicted octanol–water partition coefficient (Wildman–Crippen LogP) is 3.65. The average molecular weight is 430 g/mol. The fraction of sp³-hybridized carbons (Fsp3) is 0.583. The minimum atomic E-state index is -0.747. The van der Waals surface area contributed by atoms with Gasteiger partial charge in [0.2, 0.25) is 0 Å². The van der Waals surface area contributed by atoms with Gasteiger partial charge in [0.1, 0.15) is 0 Å². The van der Waals surface area contributed by atoms with Crippen LogP contribution in [0, 0.1) is 11.3 Å². The summed E-state index contributed by atoms with van der Waals surface area (Å²) < 4.78 is 15.0. The van der Waals surface area contributed by atoms with Crippen LogP contribution < -0.4 is 0 Å². The van der Waals surface area contributed by atoms with Crippen LogP contribution in [-0.2, 0) is 30.8 Å². The van der Waals surface area contributed by atoms with Crippen molar-refractivity contribution in [3.8, 4) is 0 Å². The molecule has 1 aromatic rings. The number of ether oxygens (including phenoxy) is 3. The second-order valence-corrected chi connectivity index (χ2v) is 9.01. The standard InChI is InChI=1S/C24H30O7/c1-13(25)18-14-8-9-17-23(2,10-7-11-24(17,3)22(28)31-6)16(14)12-15(20(26)29-4)19(18)21(27)30-5/h12,17H,7-11H2,1-6H3/t17?,23-,24+/m1/s1. The van der Waals surface area contributed by atoms with Crippen molar-refractivity contribution < 1.29 is 33.4 Å². The molecule has 31 heavy (non-hydrogen) atoms. The molecule has 0 saturated heterocycles. The normalized spacial score (nSPS) is 26.8. The molecule has 7 nitrogen and oxygen atoms in total. The summed E-state index contributed by atoms with van der Waals surface area (Å²) in [6.07, 6.45) is 3.52. The van der Waals surface area contributed by atoms with Gasteiger partial charge < -0.3 is 14.2 Å². The molecule has 0 aromatic heterocycles. The lowest BCUT2D eigenvalue weighted by atomic mass is 9.49. The highest BCUT2D eigenvalue weighted by molar-refractivity contribution is 6.13. The molecule has 2 aliphatic carbocycles. The number of Topliss-reactive ketones (excluding diaryl/α,β-unsaturated/α-hetero) is 1. The second kappa shape index (κ2) is 8.09. The van der Waals surface area contributed by atoms with Crippen LogP contribution in [0.15, 0.2) is 6.07 Å². The van der Waals surface area contributed by atoms with Gasteiger partial charge in [-0.2, -0.15) is 0 Å². The molecule has 7 heteroatoms. The van der Waals surface area contributed by atoms with Crippen LogP contribution in [0.5, 0.6) is 0 Å². The number of rotatable bonds is 4. The van der Waals surface area contributed by atoms with Crippen LogP contribution in [0.1, 0.15) is 88.7 Å². The number of carbonyl (C=O) groups is 4. The third-order valence-electron chi connectivity index (χ3n) is 7.46. The SMILES string of the molecule is COC(=O)c1cc2c(c(C(C)=O)c1C(=O)OC)CCC1[C@@](C)(C(=O)OC)CCC[C@]21C. The minimum Gasteiger partial charge on any atom is -0.469 e. The molecule has 0 amide bonds. The maximum atomic E-state index is 12.8. The van der Waals surface area contributed by atoms with Crippen molar-refractivity contribution in [1.29, 1.82) is 0 Å². The van der Waals surface area contributed by atoms with E-state index in [4.69, 9.17) is 14.2 Å². The summed E-state index contributed by atoms with van der Waals surface area (Å²) in [6, 6.07) is 1.68. The van der Waals surface area contributed by atoms with E-state index in [1.165, 1.54) is 28.3 Å². The molecule has 0 bridgehead atoms. The molecule has 0 heterocycles. The molecule has 168 valence electrons. The second-order valence-electron chi connectivity index (χ2n) is 9.01. The summed E-state index contributed by atoms with van der Waals surface area (Å²) in [5.74, 6) is -2.02. The maximum Gasteiger partial charge on any atom is 0.339 e. The number of esters is 3. The Morgan fingerprint density at radius 1 is 0.935 bits per heavy atom. The summed E-state index contributed by atoms with van der Waals surface area (Å²) in [7, 11) is 3.85. The number of carbonyl (C=O) groups excluding carboxylic acids is 4. The van der Waals surface area contributed by atoms with Gasteiger partial charge in [-0.3, -0.25) is 9.59 Å². The predicted molar refractivity (Wildman–Crippen MR) is 112 cm³/mol. The first-order valence-corrected chi connectivity index (χ1v) is 10.5. The van der Waals surface area contributed by atoms with Crippen molar-refractivity contribution >= 4 is 23.7 Å². The third-order valence-corrected chi connectivity index (χ3v) is 7.46. The van der Waals surface area contributed by atoms with E-state index in [1.807, 2.05) is 6.92 Å². The van der Waals surface area contributed by atoms with Crippen molar-refractivity contribution in [2.75, 3.05) is 21.3 Å². The van der Waals surface area contributed by atoms with E-state index in [1.54, 1.807) is 6.07 Å². The van der Waals surface area contributed by atoms with Gasteiger partial charge in [-0.05, 0) is 68.1 Å². The highest BCUT2D eigenvalue weighted by Crippen LogP contribution is 2.58. The zero-order chi connectivity index (χ0) is 23.1. The third kappa shape index (κ3) is 3.34. The Hall–Kier alpha value is -2.70. The lowest BCUT2D eigenvalue weighted by molar-refractivity contribution is -0.161. The number of ketones is 1. The van der Waals surface area contributed by atoms with Gasteiger partial charge in [0.05, 0.1) is 37.9 Å². The van der Waals surface area contributed by atoms with Gasteiger partial charge in [0.25, 0.3) is 0 Å². The fourth-order valence-electron chi connectivity index (χ4n) is 6.07. The summed E-state index contributed by atoms with van der Waals surface area (Å²) in [5.41, 5.74) is 0.651. The van der Waals surface area contributed by atoms with Gasteiger partial charge in [-0.15, -0.1) is 0 Å². The first-order chi connectivity index (χ1) is 14.6. The van der Waals surface area contributed by atoms with Crippen molar-refractivity contribution in [3.63, 3.8) is 0 Å². The van der Waals surface area contributed by atoms with Crippen LogP contribution in [0.25, 0.3) is 0 Å². The zero-order valence-electron chi connectivity index (χ0n) is 19.0. The Kier molecular flexibility index (Phi) is 6.00. The Morgan fingerprint density at radius 3 is 2.13 bits per heavy atom. The summed E-state index contributed by atoms with van der Waals surface area (Å²) in [4.78, 5) is 50.8. The zero-order valence-corrected chi connectivity index (χ0v) is 19.0. The van der Waals surface area contributed by atoms with Crippen molar-refractivity contribution in [1.82, 2.24) is 0 Å². The average Bonchev–Trinajstić information content (AvgIpc) is 2.75. The van der Waals surface area contributed by atoms with Crippen molar-refractivity contribution in [2.45, 2.75) is 58.3 Å². The van der Waals surface area contributed by atoms with Gasteiger partial charge in [0, 0.05) is 5.56 Å². The molecule has 3 rings (SSSR count). The molecule has 0 N–H and O–H groups in total. The number of methoxy groups -OCH3 is 3. The van der Waals surface area contributed by atoms with E-state index in [0.29, 0.717) is 12.8 Å². The van der Waals surface area contributed by atoms with Gasteiger partial charge in [0.15, 0.2) is 5.78 Å². The van der Waals surface area contributed by atoms with Gasteiger partial charge in [-0.1, -0.05) is 13.3 Å². The molecule has 0 radical (unpaired) electrons. The van der Waals surface area contributed by atoms with E-state index < -0.39 is 22.8 Å². The summed E-state index contributed by atoms with van der Waals surface area (Å²) in [6.45, 7) is 5.41. The van der Waals surface area contributed by atoms with Crippen LogP contribution in [0.4, 0.5) is 0 Å². The molecule has 2 aliphatic rings. The topological polar surface area (TPSA) is 96.0 Å². The van der Waals surface area contributed by atoms with Crippen molar-refractivity contribution in [3.05, 3.63) is 33.9 Å². The molecule has 1 unspecified atom stereocenters. The van der Waals surface area contributed by atoms with E-state index in [0.717, 1.165) is 30.4 Å². The molecular formula is C24H30O7. The van der Waals surface area contributed by atoms with Gasteiger partial charge in [-0.25, -0.2) is 9.59 Å². The molecule has 1 fully saturated rings. The molecule has 3 atom stereocenters. The van der Waals surface area contributed by atoms with Crippen LogP contribution in [0.2, 0.25) is 0 Å². The first-order valence-electron chi connectivity index (χ1n) is 10.5. The number of fused-ring (bicyclic) bond motifs is 3. The lowest BCUT2D eigenvalue weighted by Gasteiger charge is -2.54. The lowest BCUT2D eigenvalue weighted by Crippen LogP contribution is -2.53. The van der Waals surface area contributed by atoms with Crippen LogP contribution in [0.3, 0.4) is 0 Å². The smallest absolute Gasteiger partial charge is 0.339 e. The number of benzene rings is 1. The van der Waals surface area contributed by atoms with E-state index in [9.17, 15) is 19.2 Å². The Labute approximate surface area is 182 Å². The monoisotopic (exact) mass is 430 g/mol. The van der Waals surface area contributed by atoms with Crippen molar-refractivity contribution in [2.24, 2.45) is 11.3 Å². The Morgan fingerprint density at radius 2 is 1.58 bits per heavy atom.